The zero-order chi connectivity index (χ0) is 19.4. The molecule has 2 N–H and O–H groups in total. The van der Waals surface area contributed by atoms with Crippen LogP contribution in [0.1, 0.15) is 28.8 Å². The Hall–Kier alpha value is -1.93. The van der Waals surface area contributed by atoms with Crippen LogP contribution in [-0.2, 0) is 14.8 Å². The van der Waals surface area contributed by atoms with E-state index in [1.807, 2.05) is 13.0 Å². The summed E-state index contributed by atoms with van der Waals surface area (Å²) in [5, 5.41) is 3.30. The number of carbonyl (C=O) groups is 1. The van der Waals surface area contributed by atoms with Gasteiger partial charge in [-0.3, -0.25) is 4.79 Å². The van der Waals surface area contributed by atoms with E-state index in [1.54, 1.807) is 12.1 Å². The van der Waals surface area contributed by atoms with Crippen molar-refractivity contribution in [2.24, 2.45) is 0 Å². The van der Waals surface area contributed by atoms with Crippen LogP contribution >= 0.6 is 11.6 Å². The molecule has 1 aliphatic rings. The Kier molecular flexibility index (Phi) is 6.16. The van der Waals surface area contributed by atoms with Crippen molar-refractivity contribution in [1.29, 1.82) is 0 Å². The average Bonchev–Trinajstić information content (AvgIpc) is 3.17. The number of rotatable bonds is 6. The molecule has 0 unspecified atom stereocenters. The normalized spacial score (nSPS) is 17.0. The van der Waals surface area contributed by atoms with Crippen molar-refractivity contribution in [3.8, 4) is 0 Å². The third-order valence-corrected chi connectivity index (χ3v) is 6.23. The lowest BCUT2D eigenvalue weighted by molar-refractivity contribution is 0.102. The maximum atomic E-state index is 12.3. The molecule has 6 nitrogen and oxygen atoms in total. The number of benzene rings is 2. The first-order valence-electron chi connectivity index (χ1n) is 8.64. The Morgan fingerprint density at radius 1 is 1.22 bits per heavy atom. The van der Waals surface area contributed by atoms with Gasteiger partial charge < -0.3 is 10.1 Å². The van der Waals surface area contributed by atoms with Crippen LogP contribution in [0.15, 0.2) is 47.4 Å². The number of nitrogens with one attached hydrogen (secondary N) is 2. The van der Waals surface area contributed by atoms with Crippen LogP contribution in [0.3, 0.4) is 0 Å². The second-order valence-electron chi connectivity index (χ2n) is 6.43. The number of sulfonamides is 1. The summed E-state index contributed by atoms with van der Waals surface area (Å²) >= 11 is 6.06. The molecule has 0 bridgehead atoms. The van der Waals surface area contributed by atoms with Gasteiger partial charge in [-0.05, 0) is 61.7 Å². The van der Waals surface area contributed by atoms with Gasteiger partial charge in [-0.2, -0.15) is 0 Å². The number of carbonyl (C=O) groups excluding carboxylic acids is 1. The molecule has 0 saturated carbocycles. The summed E-state index contributed by atoms with van der Waals surface area (Å²) in [7, 11) is -3.64. The van der Waals surface area contributed by atoms with Gasteiger partial charge in [0, 0.05) is 29.4 Å². The fourth-order valence-corrected chi connectivity index (χ4v) is 4.00. The van der Waals surface area contributed by atoms with E-state index in [1.165, 1.54) is 24.3 Å². The predicted octanol–water partition coefficient (Wildman–Crippen LogP) is 3.36. The Labute approximate surface area is 163 Å². The quantitative estimate of drug-likeness (QED) is 0.767. The molecule has 1 aliphatic heterocycles. The summed E-state index contributed by atoms with van der Waals surface area (Å²) in [6, 6.07) is 11.0. The molecule has 0 spiro atoms. The minimum absolute atomic E-state index is 0.0776. The highest BCUT2D eigenvalue weighted by Crippen LogP contribution is 2.21. The Morgan fingerprint density at radius 3 is 2.59 bits per heavy atom. The van der Waals surface area contributed by atoms with Crippen LogP contribution in [0.25, 0.3) is 0 Å². The predicted molar refractivity (Wildman–Crippen MR) is 105 cm³/mol. The van der Waals surface area contributed by atoms with Crippen molar-refractivity contribution in [3.05, 3.63) is 58.6 Å². The van der Waals surface area contributed by atoms with E-state index in [9.17, 15) is 13.2 Å². The monoisotopic (exact) mass is 408 g/mol. The second-order valence-corrected chi connectivity index (χ2v) is 8.60. The number of amides is 1. The van der Waals surface area contributed by atoms with Crippen molar-refractivity contribution in [2.45, 2.75) is 30.8 Å². The lowest BCUT2D eigenvalue weighted by atomic mass is 10.2. The van der Waals surface area contributed by atoms with E-state index >= 15 is 0 Å². The largest absolute Gasteiger partial charge is 0.377 e. The first-order valence-corrected chi connectivity index (χ1v) is 10.5. The molecular weight excluding hydrogens is 388 g/mol. The summed E-state index contributed by atoms with van der Waals surface area (Å²) in [5.41, 5.74) is 1.84. The standard InChI is InChI=1S/C19H21ClN2O4S/c1-13-4-7-15(11-18(13)20)22-19(23)14-5-8-17(9-6-14)27(24,25)21-12-16-3-2-10-26-16/h4-9,11,16,21H,2-3,10,12H2,1H3,(H,22,23)/t16-/m1/s1. The summed E-state index contributed by atoms with van der Waals surface area (Å²) < 4.78 is 32.7. The molecule has 1 atom stereocenters. The first-order chi connectivity index (χ1) is 12.8. The van der Waals surface area contributed by atoms with E-state index in [0.29, 0.717) is 22.9 Å². The minimum atomic E-state index is -3.64. The van der Waals surface area contributed by atoms with Crippen molar-refractivity contribution in [3.63, 3.8) is 0 Å². The molecule has 27 heavy (non-hydrogen) atoms. The number of ether oxygens (including phenoxy) is 1. The van der Waals surface area contributed by atoms with Gasteiger partial charge in [-0.1, -0.05) is 17.7 Å². The van der Waals surface area contributed by atoms with E-state index in [4.69, 9.17) is 16.3 Å². The van der Waals surface area contributed by atoms with Crippen LogP contribution < -0.4 is 10.0 Å². The van der Waals surface area contributed by atoms with Crippen LogP contribution in [-0.4, -0.2) is 33.6 Å². The average molecular weight is 409 g/mol. The number of hydrogen-bond donors (Lipinski definition) is 2. The fraction of sp³-hybridized carbons (Fsp3) is 0.316. The number of aryl methyl sites for hydroxylation is 1. The van der Waals surface area contributed by atoms with Crippen molar-refractivity contribution < 1.29 is 17.9 Å². The Morgan fingerprint density at radius 2 is 1.96 bits per heavy atom. The highest BCUT2D eigenvalue weighted by Gasteiger charge is 2.20. The zero-order valence-electron chi connectivity index (χ0n) is 14.9. The summed E-state index contributed by atoms with van der Waals surface area (Å²) in [4.78, 5) is 12.4. The van der Waals surface area contributed by atoms with E-state index < -0.39 is 10.0 Å². The second kappa shape index (κ2) is 8.39. The lowest BCUT2D eigenvalue weighted by Crippen LogP contribution is -2.31. The topological polar surface area (TPSA) is 84.5 Å². The highest BCUT2D eigenvalue weighted by molar-refractivity contribution is 7.89. The molecule has 1 amide bonds. The van der Waals surface area contributed by atoms with Gasteiger partial charge in [0.25, 0.3) is 5.91 Å². The third-order valence-electron chi connectivity index (χ3n) is 4.38. The van der Waals surface area contributed by atoms with Crippen molar-refractivity contribution >= 4 is 33.2 Å². The maximum absolute atomic E-state index is 12.3. The molecule has 144 valence electrons. The maximum Gasteiger partial charge on any atom is 0.255 e. The first kappa shape index (κ1) is 19.8. The molecule has 3 rings (SSSR count). The summed E-state index contributed by atoms with van der Waals surface area (Å²) in [5.74, 6) is -0.341. The fourth-order valence-electron chi connectivity index (χ4n) is 2.75. The minimum Gasteiger partial charge on any atom is -0.377 e. The van der Waals surface area contributed by atoms with Gasteiger partial charge in [0.2, 0.25) is 10.0 Å². The van der Waals surface area contributed by atoms with Gasteiger partial charge in [-0.25, -0.2) is 13.1 Å². The molecule has 0 aromatic heterocycles. The molecular formula is C19H21ClN2O4S. The van der Waals surface area contributed by atoms with Gasteiger partial charge in [0.15, 0.2) is 0 Å². The van der Waals surface area contributed by atoms with Crippen molar-refractivity contribution in [1.82, 2.24) is 4.72 Å². The van der Waals surface area contributed by atoms with Crippen LogP contribution in [0, 0.1) is 6.92 Å². The van der Waals surface area contributed by atoms with Gasteiger partial charge in [0.05, 0.1) is 11.0 Å². The lowest BCUT2D eigenvalue weighted by Gasteiger charge is -2.12. The van der Waals surface area contributed by atoms with Gasteiger partial charge >= 0.3 is 0 Å². The molecule has 1 heterocycles. The molecule has 2 aromatic rings. The van der Waals surface area contributed by atoms with Crippen LogP contribution in [0.5, 0.6) is 0 Å². The van der Waals surface area contributed by atoms with Crippen molar-refractivity contribution in [2.75, 3.05) is 18.5 Å². The molecule has 1 saturated heterocycles. The number of hydrogen-bond acceptors (Lipinski definition) is 4. The van der Waals surface area contributed by atoms with E-state index in [-0.39, 0.29) is 23.5 Å². The Bertz CT molecular complexity index is 923. The zero-order valence-corrected chi connectivity index (χ0v) is 16.4. The van der Waals surface area contributed by atoms with E-state index in [2.05, 4.69) is 10.0 Å². The molecule has 0 radical (unpaired) electrons. The molecule has 0 aliphatic carbocycles. The van der Waals surface area contributed by atoms with Gasteiger partial charge in [-0.15, -0.1) is 0 Å². The molecule has 1 fully saturated rings. The Balaban J connectivity index is 1.64. The summed E-state index contributed by atoms with van der Waals surface area (Å²) in [6.45, 7) is 2.79. The highest BCUT2D eigenvalue weighted by atomic mass is 35.5. The number of anilines is 1. The smallest absolute Gasteiger partial charge is 0.255 e. The van der Waals surface area contributed by atoms with Crippen LogP contribution in [0.2, 0.25) is 5.02 Å². The molecule has 8 heteroatoms. The molecule has 2 aromatic carbocycles. The number of halogens is 1. The van der Waals surface area contributed by atoms with E-state index in [0.717, 1.165) is 18.4 Å². The summed E-state index contributed by atoms with van der Waals surface area (Å²) in [6.07, 6.45) is 1.72. The SMILES string of the molecule is Cc1ccc(NC(=O)c2ccc(S(=O)(=O)NC[C@H]3CCCO3)cc2)cc1Cl. The van der Waals surface area contributed by atoms with Crippen LogP contribution in [0.4, 0.5) is 5.69 Å². The van der Waals surface area contributed by atoms with Gasteiger partial charge in [0.1, 0.15) is 0 Å². The third kappa shape index (κ3) is 5.07.